The van der Waals surface area contributed by atoms with Gasteiger partial charge in [-0.25, -0.2) is 0 Å². The maximum atomic E-state index is 11.2. The lowest BCUT2D eigenvalue weighted by molar-refractivity contribution is -0.144. The molecule has 1 heterocycles. The van der Waals surface area contributed by atoms with Crippen LogP contribution in [0.1, 0.15) is 58.3 Å². The van der Waals surface area contributed by atoms with E-state index in [1.54, 1.807) is 0 Å². The van der Waals surface area contributed by atoms with Crippen LogP contribution in [0.2, 0.25) is 0 Å². The fourth-order valence-corrected chi connectivity index (χ4v) is 5.10. The van der Waals surface area contributed by atoms with Crippen molar-refractivity contribution in [1.82, 2.24) is 0 Å². The fraction of sp³-hybridized carbons (Fsp3) is 0.944. The molecule has 0 bridgehead atoms. The first-order valence-corrected chi connectivity index (χ1v) is 9.07. The molecular weight excluding hydrogens is 280 g/mol. The highest BCUT2D eigenvalue weighted by atomic mass is 16.5. The Bertz CT molecular complexity index is 397. The summed E-state index contributed by atoms with van der Waals surface area (Å²) in [6.45, 7) is 3.15. The van der Waals surface area contributed by atoms with Crippen molar-refractivity contribution in [3.05, 3.63) is 0 Å². The molecule has 3 fully saturated rings. The normalized spacial score (nSPS) is 46.0. The molecule has 4 nitrogen and oxygen atoms in total. The number of aliphatic carboxylic acids is 1. The summed E-state index contributed by atoms with van der Waals surface area (Å²) in [5.74, 6) is 1.39. The maximum absolute atomic E-state index is 11.2. The average Bonchev–Trinajstić information content (AvgIpc) is 2.51. The van der Waals surface area contributed by atoms with Crippen molar-refractivity contribution in [3.8, 4) is 0 Å². The van der Waals surface area contributed by atoms with E-state index in [1.807, 2.05) is 0 Å². The van der Waals surface area contributed by atoms with Gasteiger partial charge in [0.25, 0.3) is 0 Å². The van der Waals surface area contributed by atoms with Crippen molar-refractivity contribution in [2.45, 2.75) is 70.5 Å². The molecule has 0 aromatic carbocycles. The largest absolute Gasteiger partial charge is 0.481 e. The molecule has 2 saturated carbocycles. The number of hydrogen-bond acceptors (Lipinski definition) is 3. The van der Waals surface area contributed by atoms with Gasteiger partial charge in [-0.1, -0.05) is 19.8 Å². The summed E-state index contributed by atoms with van der Waals surface area (Å²) < 4.78 is 6.10. The second kappa shape index (κ2) is 6.88. The van der Waals surface area contributed by atoms with Gasteiger partial charge in [-0.3, -0.25) is 4.79 Å². The Kier molecular flexibility index (Phi) is 5.08. The predicted molar refractivity (Wildman–Crippen MR) is 83.4 cm³/mol. The van der Waals surface area contributed by atoms with Crippen LogP contribution in [0.15, 0.2) is 0 Å². The molecule has 1 saturated heterocycles. The number of carboxylic acid groups (broad SMARTS) is 1. The second-order valence-electron chi connectivity index (χ2n) is 7.93. The van der Waals surface area contributed by atoms with E-state index in [0.29, 0.717) is 29.8 Å². The zero-order chi connectivity index (χ0) is 15.7. The van der Waals surface area contributed by atoms with Gasteiger partial charge in [0.05, 0.1) is 24.7 Å². The lowest BCUT2D eigenvalue weighted by Crippen LogP contribution is -2.46. The van der Waals surface area contributed by atoms with Crippen LogP contribution in [0.5, 0.6) is 0 Å². The Morgan fingerprint density at radius 3 is 2.77 bits per heavy atom. The highest BCUT2D eigenvalue weighted by Crippen LogP contribution is 2.43. The van der Waals surface area contributed by atoms with E-state index in [2.05, 4.69) is 6.92 Å². The van der Waals surface area contributed by atoms with Crippen molar-refractivity contribution in [2.24, 2.45) is 29.6 Å². The van der Waals surface area contributed by atoms with Crippen molar-refractivity contribution in [1.29, 1.82) is 0 Å². The van der Waals surface area contributed by atoms with Gasteiger partial charge in [0.1, 0.15) is 0 Å². The zero-order valence-corrected chi connectivity index (χ0v) is 13.6. The minimum atomic E-state index is -0.617. The number of fused-ring (bicyclic) bond motifs is 1. The Balaban J connectivity index is 1.57. The van der Waals surface area contributed by atoms with Gasteiger partial charge in [0.15, 0.2) is 0 Å². The first kappa shape index (κ1) is 16.3. The van der Waals surface area contributed by atoms with Crippen LogP contribution in [0.4, 0.5) is 0 Å². The molecule has 22 heavy (non-hydrogen) atoms. The molecule has 0 aromatic rings. The van der Waals surface area contributed by atoms with Gasteiger partial charge in [0, 0.05) is 0 Å². The number of hydrogen-bond donors (Lipinski definition) is 2. The molecule has 0 radical (unpaired) electrons. The van der Waals surface area contributed by atoms with Crippen LogP contribution in [0.3, 0.4) is 0 Å². The lowest BCUT2D eigenvalue weighted by Gasteiger charge is -2.46. The molecule has 2 aliphatic carbocycles. The van der Waals surface area contributed by atoms with Crippen LogP contribution >= 0.6 is 0 Å². The van der Waals surface area contributed by atoms with Gasteiger partial charge >= 0.3 is 5.97 Å². The lowest BCUT2D eigenvalue weighted by atomic mass is 9.67. The van der Waals surface area contributed by atoms with Crippen molar-refractivity contribution in [2.75, 3.05) is 6.61 Å². The van der Waals surface area contributed by atoms with Crippen LogP contribution in [0, 0.1) is 29.6 Å². The van der Waals surface area contributed by atoms with E-state index in [-0.39, 0.29) is 12.0 Å². The summed E-state index contributed by atoms with van der Waals surface area (Å²) in [6, 6.07) is 0. The highest BCUT2D eigenvalue weighted by molar-refractivity contribution is 5.70. The maximum Gasteiger partial charge on any atom is 0.306 e. The predicted octanol–water partition coefficient (Wildman–Crippen LogP) is 3.08. The Morgan fingerprint density at radius 2 is 2.00 bits per heavy atom. The molecular formula is C18H30O4. The SMILES string of the molecule is C[C@H]1C2CC(O)CCC2OC[C@H]1CC1CCCC(C(=O)O)C1. The smallest absolute Gasteiger partial charge is 0.306 e. The second-order valence-corrected chi connectivity index (χ2v) is 7.93. The van der Waals surface area contributed by atoms with E-state index in [1.165, 1.54) is 6.42 Å². The average molecular weight is 310 g/mol. The van der Waals surface area contributed by atoms with Crippen LogP contribution in [-0.2, 0) is 9.53 Å². The highest BCUT2D eigenvalue weighted by Gasteiger charge is 2.42. The van der Waals surface area contributed by atoms with Crippen LogP contribution in [0.25, 0.3) is 0 Å². The molecule has 4 heteroatoms. The third-order valence-electron chi connectivity index (χ3n) is 6.52. The van der Waals surface area contributed by atoms with Crippen molar-refractivity contribution >= 4 is 5.97 Å². The monoisotopic (exact) mass is 310 g/mol. The third kappa shape index (κ3) is 3.48. The van der Waals surface area contributed by atoms with Crippen molar-refractivity contribution < 1.29 is 19.7 Å². The Hall–Kier alpha value is -0.610. The quantitative estimate of drug-likeness (QED) is 0.840. The topological polar surface area (TPSA) is 66.8 Å². The summed E-state index contributed by atoms with van der Waals surface area (Å²) in [5, 5.41) is 19.2. The molecule has 3 rings (SSSR count). The Morgan fingerprint density at radius 1 is 1.18 bits per heavy atom. The van der Waals surface area contributed by atoms with Gasteiger partial charge in [0.2, 0.25) is 0 Å². The number of carboxylic acids is 1. The Labute approximate surface area is 133 Å². The van der Waals surface area contributed by atoms with E-state index in [9.17, 15) is 15.0 Å². The fourth-order valence-electron chi connectivity index (χ4n) is 5.10. The van der Waals surface area contributed by atoms with Gasteiger partial charge in [-0.05, 0) is 62.2 Å². The van der Waals surface area contributed by atoms with Gasteiger partial charge in [-0.2, -0.15) is 0 Å². The van der Waals surface area contributed by atoms with Gasteiger partial charge in [-0.15, -0.1) is 0 Å². The number of ether oxygens (including phenoxy) is 1. The van der Waals surface area contributed by atoms with E-state index < -0.39 is 5.97 Å². The van der Waals surface area contributed by atoms with Crippen LogP contribution in [-0.4, -0.2) is 35.0 Å². The molecule has 5 unspecified atom stereocenters. The van der Waals surface area contributed by atoms with Crippen LogP contribution < -0.4 is 0 Å². The van der Waals surface area contributed by atoms with Gasteiger partial charge < -0.3 is 14.9 Å². The zero-order valence-electron chi connectivity index (χ0n) is 13.6. The summed E-state index contributed by atoms with van der Waals surface area (Å²) in [5.41, 5.74) is 0. The molecule has 1 aliphatic heterocycles. The summed E-state index contributed by atoms with van der Waals surface area (Å²) in [4.78, 5) is 11.2. The number of aliphatic hydroxyl groups excluding tert-OH is 1. The number of aliphatic hydroxyl groups is 1. The minimum absolute atomic E-state index is 0.136. The minimum Gasteiger partial charge on any atom is -0.481 e. The molecule has 0 amide bonds. The summed E-state index contributed by atoms with van der Waals surface area (Å²) in [7, 11) is 0. The van der Waals surface area contributed by atoms with E-state index in [0.717, 1.165) is 51.6 Å². The third-order valence-corrected chi connectivity index (χ3v) is 6.52. The first-order valence-electron chi connectivity index (χ1n) is 9.07. The molecule has 2 N–H and O–H groups in total. The number of rotatable bonds is 3. The van der Waals surface area contributed by atoms with E-state index in [4.69, 9.17) is 4.74 Å². The molecule has 126 valence electrons. The first-order chi connectivity index (χ1) is 10.5. The standard InChI is InChI=1S/C18H30O4/c1-11-14(8-12-3-2-4-13(7-12)18(20)21)10-22-17-6-5-15(19)9-16(11)17/h11-17,19H,2-10H2,1H3,(H,20,21)/t11-,12?,13?,14-,15?,16?,17?/m1/s1. The molecule has 0 aromatic heterocycles. The number of carbonyl (C=O) groups is 1. The molecule has 7 atom stereocenters. The summed E-state index contributed by atoms with van der Waals surface area (Å²) in [6.07, 6.45) is 7.95. The van der Waals surface area contributed by atoms with E-state index >= 15 is 0 Å². The van der Waals surface area contributed by atoms with Crippen molar-refractivity contribution in [3.63, 3.8) is 0 Å². The molecule has 0 spiro atoms. The summed E-state index contributed by atoms with van der Waals surface area (Å²) >= 11 is 0. The molecule has 3 aliphatic rings.